The van der Waals surface area contributed by atoms with Gasteiger partial charge in [-0.05, 0) is 31.0 Å². The van der Waals surface area contributed by atoms with Gasteiger partial charge in [-0.2, -0.15) is 0 Å². The van der Waals surface area contributed by atoms with Crippen LogP contribution in [-0.4, -0.2) is 46.1 Å². The van der Waals surface area contributed by atoms with E-state index < -0.39 is 0 Å². The number of nitrogens with one attached hydrogen (secondary N) is 2. The Balaban J connectivity index is 1.99. The summed E-state index contributed by atoms with van der Waals surface area (Å²) in [5.41, 5.74) is 1.08. The lowest BCUT2D eigenvalue weighted by molar-refractivity contribution is 0.174. The predicted octanol–water partition coefficient (Wildman–Crippen LogP) is 2.28. The average Bonchev–Trinajstić information content (AvgIpc) is 3.04. The average molecular weight is 335 g/mol. The zero-order valence-corrected chi connectivity index (χ0v) is 15.1. The second-order valence-corrected chi connectivity index (χ2v) is 6.42. The smallest absolute Gasteiger partial charge is 0.231 e. The quantitative estimate of drug-likeness (QED) is 0.433. The predicted molar refractivity (Wildman–Crippen MR) is 96.1 cm³/mol. The second kappa shape index (κ2) is 8.78. The maximum absolute atomic E-state index is 5.48. The van der Waals surface area contributed by atoms with E-state index in [9.17, 15) is 0 Å². The lowest BCUT2D eigenvalue weighted by Crippen LogP contribution is -2.39. The van der Waals surface area contributed by atoms with Crippen molar-refractivity contribution in [2.45, 2.75) is 32.6 Å². The fourth-order valence-electron chi connectivity index (χ4n) is 2.45. The largest absolute Gasteiger partial charge is 0.454 e. The van der Waals surface area contributed by atoms with Gasteiger partial charge in [0.1, 0.15) is 0 Å². The molecule has 24 heavy (non-hydrogen) atoms. The van der Waals surface area contributed by atoms with Crippen LogP contribution in [-0.2, 0) is 10.2 Å². The summed E-state index contributed by atoms with van der Waals surface area (Å²) in [7, 11) is 1.72. The topological polar surface area (TPSA) is 64.1 Å². The molecule has 0 aliphatic carbocycles. The Bertz CT molecular complexity index is 558. The molecule has 1 aliphatic heterocycles. The van der Waals surface area contributed by atoms with Crippen molar-refractivity contribution in [3.8, 4) is 11.5 Å². The SMILES string of the molecule is CCNC(=NCC(C)(C)c1ccc2c(c1)OCO2)NCCCOC. The summed E-state index contributed by atoms with van der Waals surface area (Å²) in [5.74, 6) is 2.46. The number of rotatable bonds is 8. The second-order valence-electron chi connectivity index (χ2n) is 6.42. The third-order valence-corrected chi connectivity index (χ3v) is 3.95. The van der Waals surface area contributed by atoms with Gasteiger partial charge in [0.2, 0.25) is 6.79 Å². The van der Waals surface area contributed by atoms with Gasteiger partial charge in [0.05, 0.1) is 6.54 Å². The molecule has 0 radical (unpaired) electrons. The van der Waals surface area contributed by atoms with Gasteiger partial charge in [-0.1, -0.05) is 19.9 Å². The molecule has 2 rings (SSSR count). The third-order valence-electron chi connectivity index (χ3n) is 3.95. The van der Waals surface area contributed by atoms with Gasteiger partial charge < -0.3 is 24.8 Å². The van der Waals surface area contributed by atoms with Crippen molar-refractivity contribution in [1.29, 1.82) is 0 Å². The number of benzene rings is 1. The summed E-state index contributed by atoms with van der Waals surface area (Å²) in [6.07, 6.45) is 0.951. The number of guanidine groups is 1. The van der Waals surface area contributed by atoms with Crippen LogP contribution in [0.15, 0.2) is 23.2 Å². The highest BCUT2D eigenvalue weighted by Crippen LogP contribution is 2.36. The highest BCUT2D eigenvalue weighted by molar-refractivity contribution is 5.79. The Morgan fingerprint density at radius 1 is 1.25 bits per heavy atom. The van der Waals surface area contributed by atoms with Crippen LogP contribution in [0, 0.1) is 0 Å². The van der Waals surface area contributed by atoms with Gasteiger partial charge in [-0.3, -0.25) is 4.99 Å². The highest BCUT2D eigenvalue weighted by Gasteiger charge is 2.24. The third kappa shape index (κ3) is 5.03. The molecule has 2 N–H and O–H groups in total. The Kier molecular flexibility index (Phi) is 6.73. The first kappa shape index (κ1) is 18.4. The van der Waals surface area contributed by atoms with Crippen molar-refractivity contribution in [1.82, 2.24) is 10.6 Å². The van der Waals surface area contributed by atoms with Crippen LogP contribution >= 0.6 is 0 Å². The van der Waals surface area contributed by atoms with Crippen molar-refractivity contribution in [3.05, 3.63) is 23.8 Å². The molecule has 134 valence electrons. The molecule has 0 fully saturated rings. The summed E-state index contributed by atoms with van der Waals surface area (Å²) in [6, 6.07) is 6.11. The lowest BCUT2D eigenvalue weighted by atomic mass is 9.84. The molecule has 0 bridgehead atoms. The summed E-state index contributed by atoms with van der Waals surface area (Å²) in [4.78, 5) is 4.73. The number of hydrogen-bond acceptors (Lipinski definition) is 4. The molecule has 0 unspecified atom stereocenters. The zero-order chi connectivity index (χ0) is 17.4. The summed E-state index contributed by atoms with van der Waals surface area (Å²) in [6.45, 7) is 9.82. The van der Waals surface area contributed by atoms with E-state index in [-0.39, 0.29) is 5.41 Å². The van der Waals surface area contributed by atoms with E-state index in [1.165, 1.54) is 5.56 Å². The molecular formula is C18H29N3O3. The zero-order valence-electron chi connectivity index (χ0n) is 15.1. The van der Waals surface area contributed by atoms with Crippen molar-refractivity contribution >= 4 is 5.96 Å². The molecule has 0 aromatic heterocycles. The number of fused-ring (bicyclic) bond motifs is 1. The fourth-order valence-corrected chi connectivity index (χ4v) is 2.45. The Morgan fingerprint density at radius 2 is 2.04 bits per heavy atom. The molecule has 0 amide bonds. The number of hydrogen-bond donors (Lipinski definition) is 2. The molecule has 6 nitrogen and oxygen atoms in total. The van der Waals surface area contributed by atoms with E-state index in [4.69, 9.17) is 19.2 Å². The van der Waals surface area contributed by atoms with Gasteiger partial charge in [-0.25, -0.2) is 0 Å². The Labute approximate surface area is 144 Å². The number of ether oxygens (including phenoxy) is 3. The van der Waals surface area contributed by atoms with Crippen LogP contribution in [0.25, 0.3) is 0 Å². The highest BCUT2D eigenvalue weighted by atomic mass is 16.7. The lowest BCUT2D eigenvalue weighted by Gasteiger charge is -2.24. The molecule has 1 aromatic rings. The van der Waals surface area contributed by atoms with Crippen molar-refractivity contribution in [2.75, 3.05) is 40.1 Å². The van der Waals surface area contributed by atoms with Crippen molar-refractivity contribution < 1.29 is 14.2 Å². The minimum absolute atomic E-state index is 0.101. The van der Waals surface area contributed by atoms with Gasteiger partial charge in [0.15, 0.2) is 17.5 Å². The summed E-state index contributed by atoms with van der Waals surface area (Å²) in [5, 5.41) is 6.61. The molecule has 1 aliphatic rings. The van der Waals surface area contributed by atoms with Gasteiger partial charge in [-0.15, -0.1) is 0 Å². The van der Waals surface area contributed by atoms with Crippen molar-refractivity contribution in [2.24, 2.45) is 4.99 Å². The monoisotopic (exact) mass is 335 g/mol. The number of methoxy groups -OCH3 is 1. The molecule has 0 saturated heterocycles. The van der Waals surface area contributed by atoms with Crippen LogP contribution in [0.2, 0.25) is 0 Å². The van der Waals surface area contributed by atoms with Gasteiger partial charge in [0.25, 0.3) is 0 Å². The number of aliphatic imine (C=N–C) groups is 1. The normalized spacial score (nSPS) is 13.9. The van der Waals surface area contributed by atoms with Crippen LogP contribution in [0.3, 0.4) is 0 Å². The van der Waals surface area contributed by atoms with E-state index in [1.807, 2.05) is 6.07 Å². The minimum Gasteiger partial charge on any atom is -0.454 e. The van der Waals surface area contributed by atoms with E-state index in [2.05, 4.69) is 43.5 Å². The first-order chi connectivity index (χ1) is 11.6. The summed E-state index contributed by atoms with van der Waals surface area (Å²) < 4.78 is 15.9. The van der Waals surface area contributed by atoms with E-state index in [1.54, 1.807) is 7.11 Å². The maximum Gasteiger partial charge on any atom is 0.231 e. The minimum atomic E-state index is -0.101. The molecular weight excluding hydrogens is 306 g/mol. The van der Waals surface area contributed by atoms with Crippen LogP contribution in [0.1, 0.15) is 32.8 Å². The van der Waals surface area contributed by atoms with E-state index >= 15 is 0 Å². The van der Waals surface area contributed by atoms with Crippen LogP contribution in [0.4, 0.5) is 0 Å². The van der Waals surface area contributed by atoms with Crippen molar-refractivity contribution in [3.63, 3.8) is 0 Å². The molecule has 1 heterocycles. The van der Waals surface area contributed by atoms with Crippen LogP contribution in [0.5, 0.6) is 11.5 Å². The standard InChI is InChI=1S/C18H29N3O3/c1-5-19-17(20-9-6-10-22-4)21-12-18(2,3)14-7-8-15-16(11-14)24-13-23-15/h7-8,11H,5-6,9-10,12-13H2,1-4H3,(H2,19,20,21). The van der Waals surface area contributed by atoms with E-state index in [0.717, 1.165) is 43.6 Å². The molecule has 1 aromatic carbocycles. The number of nitrogens with zero attached hydrogens (tertiary/aromatic N) is 1. The molecule has 0 saturated carbocycles. The first-order valence-electron chi connectivity index (χ1n) is 8.48. The Hall–Kier alpha value is -1.95. The van der Waals surface area contributed by atoms with Gasteiger partial charge in [0, 0.05) is 32.2 Å². The maximum atomic E-state index is 5.48. The van der Waals surface area contributed by atoms with Crippen LogP contribution < -0.4 is 20.1 Å². The Morgan fingerprint density at radius 3 is 2.79 bits per heavy atom. The molecule has 0 spiro atoms. The first-order valence-corrected chi connectivity index (χ1v) is 8.48. The summed E-state index contributed by atoms with van der Waals surface area (Å²) >= 11 is 0. The molecule has 0 atom stereocenters. The fraction of sp³-hybridized carbons (Fsp3) is 0.611. The van der Waals surface area contributed by atoms with E-state index in [0.29, 0.717) is 13.3 Å². The molecule has 6 heteroatoms. The van der Waals surface area contributed by atoms with Gasteiger partial charge >= 0.3 is 0 Å².